The number of hydrogen-bond acceptors (Lipinski definition) is 11. The molecule has 0 saturated carbocycles. The van der Waals surface area contributed by atoms with Gasteiger partial charge in [-0.1, -0.05) is 61.0 Å². The normalized spacial score (nSPS) is 17.8. The van der Waals surface area contributed by atoms with E-state index in [4.69, 9.17) is 25.5 Å². The van der Waals surface area contributed by atoms with Crippen LogP contribution in [-0.4, -0.2) is 78.3 Å². The van der Waals surface area contributed by atoms with Crippen molar-refractivity contribution in [3.8, 4) is 0 Å². The number of aliphatic hydroxyl groups excluding tert-OH is 1. The lowest BCUT2D eigenvalue weighted by Crippen LogP contribution is -2.64. The van der Waals surface area contributed by atoms with Crippen molar-refractivity contribution in [1.29, 1.82) is 5.41 Å². The van der Waals surface area contributed by atoms with Crippen LogP contribution < -0.4 is 21.7 Å². The zero-order valence-corrected chi connectivity index (χ0v) is 24.7. The number of benzene rings is 2. The number of nitrogens with zero attached hydrogens (tertiary/aromatic N) is 2. The van der Waals surface area contributed by atoms with Crippen molar-refractivity contribution in [1.82, 2.24) is 16.0 Å². The van der Waals surface area contributed by atoms with Crippen LogP contribution in [0.15, 0.2) is 58.7 Å². The number of aliphatic hydroxyl groups is 1. The number of esters is 1. The predicted molar refractivity (Wildman–Crippen MR) is 162 cm³/mol. The van der Waals surface area contributed by atoms with Crippen LogP contribution in [0.4, 0.5) is 10.5 Å². The minimum absolute atomic E-state index is 0.0737. The number of alkyl carbamates (subject to hydrolysis) is 1. The Morgan fingerprint density at radius 1 is 1.11 bits per heavy atom. The Balaban J connectivity index is 1.47. The number of ether oxygens (including phenoxy) is 2. The van der Waals surface area contributed by atoms with Crippen LogP contribution in [0, 0.1) is 5.41 Å². The van der Waals surface area contributed by atoms with E-state index in [0.717, 1.165) is 19.1 Å². The highest BCUT2D eigenvalue weighted by atomic mass is 16.6. The third-order valence-corrected chi connectivity index (χ3v) is 7.04. The first-order valence-electron chi connectivity index (χ1n) is 14.3. The number of carbonyl (C=O) groups is 4. The van der Waals surface area contributed by atoms with E-state index in [1.54, 1.807) is 48.5 Å². The van der Waals surface area contributed by atoms with Crippen molar-refractivity contribution in [2.24, 2.45) is 15.9 Å². The maximum atomic E-state index is 13.3. The molecule has 2 aromatic rings. The minimum Gasteiger partial charge on any atom is -0.467 e. The number of nitrogen functional groups attached to an aromatic ring is 1. The second kappa shape index (κ2) is 14.9. The monoisotopic (exact) mass is 621 g/mol. The molecule has 4 atom stereocenters. The van der Waals surface area contributed by atoms with Gasteiger partial charge in [0.2, 0.25) is 5.91 Å². The minimum atomic E-state index is -1.62. The van der Waals surface area contributed by atoms with Gasteiger partial charge in [0, 0.05) is 17.5 Å². The van der Waals surface area contributed by atoms with Crippen LogP contribution in [0.25, 0.3) is 0 Å². The fourth-order valence-corrected chi connectivity index (χ4v) is 4.62. The number of hydrogen-bond donors (Lipinski definition) is 6. The van der Waals surface area contributed by atoms with Gasteiger partial charge in [-0.2, -0.15) is 0 Å². The molecule has 2 aliphatic heterocycles. The third kappa shape index (κ3) is 8.20. The summed E-state index contributed by atoms with van der Waals surface area (Å²) in [6.07, 6.45) is -3.16. The van der Waals surface area contributed by atoms with Crippen LogP contribution in [0.3, 0.4) is 0 Å². The number of unbranched alkanes of at least 4 members (excludes halogenated alkanes) is 1. The van der Waals surface area contributed by atoms with Gasteiger partial charge >= 0.3 is 12.1 Å². The first-order valence-corrected chi connectivity index (χ1v) is 14.3. The Labute approximate surface area is 258 Å². The largest absolute Gasteiger partial charge is 0.467 e. The Hall–Kier alpha value is -5.31. The molecule has 3 amide bonds. The zero-order valence-electron chi connectivity index (χ0n) is 24.7. The molecule has 7 N–H and O–H groups in total. The SMILES string of the molecule is CCCCOC(=O)NC(C(=O)OC)[C@H](NC(=O)CC1CC(c2ccc(C(=N)N)cc2)=NO1)NC(=O)C1=Nc2ccccc2C1O. The Kier molecular flexibility index (Phi) is 10.8. The number of fused-ring (bicyclic) bond motifs is 1. The van der Waals surface area contributed by atoms with Crippen molar-refractivity contribution in [3.05, 3.63) is 65.2 Å². The molecular formula is C30H35N7O8. The lowest BCUT2D eigenvalue weighted by molar-refractivity contribution is -0.144. The van der Waals surface area contributed by atoms with E-state index in [1.165, 1.54) is 0 Å². The number of oxime groups is 1. The van der Waals surface area contributed by atoms with Gasteiger partial charge in [0.05, 0.1) is 31.5 Å². The number of methoxy groups -OCH3 is 1. The van der Waals surface area contributed by atoms with E-state index in [0.29, 0.717) is 28.9 Å². The summed E-state index contributed by atoms with van der Waals surface area (Å²) in [4.78, 5) is 61.5. The predicted octanol–water partition coefficient (Wildman–Crippen LogP) is 1.30. The van der Waals surface area contributed by atoms with E-state index in [2.05, 4.69) is 26.1 Å². The average molecular weight is 622 g/mol. The van der Waals surface area contributed by atoms with Crippen LogP contribution in [-0.2, 0) is 28.7 Å². The number of para-hydroxylation sites is 1. The first-order chi connectivity index (χ1) is 21.6. The second-order valence-corrected chi connectivity index (χ2v) is 10.3. The number of nitrogens with two attached hydrogens (primary N) is 1. The quantitative estimate of drug-likeness (QED) is 0.0622. The highest BCUT2D eigenvalue weighted by Gasteiger charge is 2.38. The molecule has 3 unspecified atom stereocenters. The third-order valence-electron chi connectivity index (χ3n) is 7.04. The molecule has 4 rings (SSSR count). The van der Waals surface area contributed by atoms with Gasteiger partial charge in [0.1, 0.15) is 29.9 Å². The zero-order chi connectivity index (χ0) is 32.5. The standard InChI is InChI=1S/C30H35N7O8/c1-3-4-13-44-30(42)35-24(29(41)43-2)27(36-28(40)23-25(39)19-7-5-6-8-20(19)33-23)34-22(38)15-18-14-21(37-45-18)16-9-11-17(12-10-16)26(31)32/h5-12,18,24-25,27,39H,3-4,13-15H2,1-2H3,(H3,31,32)(H,34,38)(H,35,42)(H,36,40)/t18?,24?,25?,27-/m1/s1. The van der Waals surface area contributed by atoms with E-state index >= 15 is 0 Å². The van der Waals surface area contributed by atoms with E-state index in [9.17, 15) is 24.3 Å². The molecule has 0 aromatic heterocycles. The highest BCUT2D eigenvalue weighted by Crippen LogP contribution is 2.33. The summed E-state index contributed by atoms with van der Waals surface area (Å²) < 4.78 is 9.95. The van der Waals surface area contributed by atoms with Crippen molar-refractivity contribution in [2.45, 2.75) is 57.0 Å². The molecule has 0 spiro atoms. The Morgan fingerprint density at radius 3 is 2.51 bits per heavy atom. The topological polar surface area (TPSA) is 227 Å². The molecule has 2 aliphatic rings. The number of rotatable bonds is 13. The van der Waals surface area contributed by atoms with Crippen molar-refractivity contribution in [3.63, 3.8) is 0 Å². The molecule has 0 radical (unpaired) electrons. The lowest BCUT2D eigenvalue weighted by Gasteiger charge is -2.28. The summed E-state index contributed by atoms with van der Waals surface area (Å²) in [5, 5.41) is 29.7. The van der Waals surface area contributed by atoms with Gasteiger partial charge < -0.3 is 41.1 Å². The molecule has 0 saturated heterocycles. The number of carbonyl (C=O) groups excluding carboxylic acids is 4. The number of amides is 3. The van der Waals surface area contributed by atoms with Crippen LogP contribution in [0.1, 0.15) is 55.4 Å². The van der Waals surface area contributed by atoms with Crippen molar-refractivity contribution in [2.75, 3.05) is 13.7 Å². The fourth-order valence-electron chi connectivity index (χ4n) is 4.62. The molecule has 2 aromatic carbocycles. The van der Waals surface area contributed by atoms with Gasteiger partial charge in [-0.15, -0.1) is 0 Å². The van der Waals surface area contributed by atoms with E-state index < -0.39 is 48.3 Å². The summed E-state index contributed by atoms with van der Waals surface area (Å²) in [5.74, 6) is -2.60. The molecule has 15 heteroatoms. The molecule has 15 nitrogen and oxygen atoms in total. The van der Waals surface area contributed by atoms with Crippen LogP contribution in [0.2, 0.25) is 0 Å². The molecular weight excluding hydrogens is 586 g/mol. The molecule has 45 heavy (non-hydrogen) atoms. The van der Waals surface area contributed by atoms with Gasteiger partial charge in [-0.3, -0.25) is 15.0 Å². The number of aliphatic imine (C=N–C) groups is 1. The molecule has 0 aliphatic carbocycles. The molecule has 0 bridgehead atoms. The summed E-state index contributed by atoms with van der Waals surface area (Å²) in [6, 6.07) is 11.8. The van der Waals surface area contributed by atoms with Crippen LogP contribution in [0.5, 0.6) is 0 Å². The second-order valence-electron chi connectivity index (χ2n) is 10.3. The Morgan fingerprint density at radius 2 is 1.84 bits per heavy atom. The smallest absolute Gasteiger partial charge is 0.407 e. The molecule has 0 fully saturated rings. The van der Waals surface area contributed by atoms with Gasteiger partial charge in [-0.05, 0) is 18.1 Å². The number of nitrogens with one attached hydrogen (secondary N) is 4. The number of amidine groups is 1. The molecule has 2 heterocycles. The fraction of sp³-hybridized carbons (Fsp3) is 0.367. The van der Waals surface area contributed by atoms with E-state index in [1.807, 2.05) is 6.92 Å². The van der Waals surface area contributed by atoms with Gasteiger partial charge in [0.25, 0.3) is 5.91 Å². The van der Waals surface area contributed by atoms with Gasteiger partial charge in [-0.25, -0.2) is 14.6 Å². The van der Waals surface area contributed by atoms with Gasteiger partial charge in [0.15, 0.2) is 6.04 Å². The summed E-state index contributed by atoms with van der Waals surface area (Å²) >= 11 is 0. The summed E-state index contributed by atoms with van der Waals surface area (Å²) in [5.41, 5.74) is 7.89. The lowest BCUT2D eigenvalue weighted by atomic mass is 10.0. The summed E-state index contributed by atoms with van der Waals surface area (Å²) in [7, 11) is 1.08. The molecule has 238 valence electrons. The van der Waals surface area contributed by atoms with Crippen molar-refractivity contribution >= 4 is 46.8 Å². The maximum absolute atomic E-state index is 13.3. The Bertz CT molecular complexity index is 1510. The average Bonchev–Trinajstić information content (AvgIpc) is 3.63. The highest BCUT2D eigenvalue weighted by molar-refractivity contribution is 6.42. The maximum Gasteiger partial charge on any atom is 0.407 e. The van der Waals surface area contributed by atoms with E-state index in [-0.39, 0.29) is 31.0 Å². The van der Waals surface area contributed by atoms with Crippen molar-refractivity contribution < 1.29 is 38.6 Å². The summed E-state index contributed by atoms with van der Waals surface area (Å²) in [6.45, 7) is 1.99. The first kappa shape index (κ1) is 32.6. The van der Waals surface area contributed by atoms with Crippen LogP contribution >= 0.6 is 0 Å².